The average molecular weight is 541 g/mol. The number of nitrogens with zero attached hydrogens (tertiary/aromatic N) is 3. The van der Waals surface area contributed by atoms with E-state index in [-0.39, 0.29) is 11.8 Å². The van der Waals surface area contributed by atoms with E-state index in [0.29, 0.717) is 12.8 Å². The van der Waals surface area contributed by atoms with E-state index in [1.165, 1.54) is 6.42 Å². The first-order valence-corrected chi connectivity index (χ1v) is 13.3. The zero-order valence-corrected chi connectivity index (χ0v) is 23.1. The number of anilines is 3. The highest BCUT2D eigenvalue weighted by Crippen LogP contribution is 2.36. The second-order valence-corrected chi connectivity index (χ2v) is 9.18. The summed E-state index contributed by atoms with van der Waals surface area (Å²) in [5, 5.41) is 2.07. The molecule has 8 nitrogen and oxygen atoms in total. The topological polar surface area (TPSA) is 75.6 Å². The normalized spacial score (nSPS) is 14.2. The van der Waals surface area contributed by atoms with E-state index in [4.69, 9.17) is 14.2 Å². The summed E-state index contributed by atoms with van der Waals surface area (Å²) in [5.74, 6) is 1.72. The predicted octanol–water partition coefficient (Wildman–Crippen LogP) is 6.26. The van der Waals surface area contributed by atoms with E-state index in [0.717, 1.165) is 60.1 Å². The molecule has 0 amide bonds. The van der Waals surface area contributed by atoms with Crippen LogP contribution in [-0.4, -0.2) is 51.2 Å². The molecule has 1 N–H and O–H groups in total. The van der Waals surface area contributed by atoms with Crippen LogP contribution in [0, 0.1) is 0 Å². The number of aliphatic imine (C=N–C) groups is 1. The predicted molar refractivity (Wildman–Crippen MR) is 160 cm³/mol. The minimum atomic E-state index is 0.155. The van der Waals surface area contributed by atoms with Crippen molar-refractivity contribution in [2.24, 2.45) is 4.99 Å². The van der Waals surface area contributed by atoms with E-state index in [1.54, 1.807) is 26.4 Å². The third-order valence-corrected chi connectivity index (χ3v) is 6.43. The van der Waals surface area contributed by atoms with Crippen molar-refractivity contribution in [2.45, 2.75) is 19.3 Å². The molecule has 0 bridgehead atoms. The molecular weight excluding hydrogens is 504 g/mol. The van der Waals surface area contributed by atoms with E-state index >= 15 is 0 Å². The summed E-state index contributed by atoms with van der Waals surface area (Å²) in [4.78, 5) is 18.4. The van der Waals surface area contributed by atoms with E-state index in [9.17, 15) is 4.79 Å². The van der Waals surface area contributed by atoms with E-state index < -0.39 is 0 Å². The molecule has 0 spiro atoms. The van der Waals surface area contributed by atoms with Crippen molar-refractivity contribution in [3.63, 3.8) is 0 Å². The Morgan fingerprint density at radius 1 is 0.875 bits per heavy atom. The number of nitrogens with one attached hydrogen (secondary N) is 1. The van der Waals surface area contributed by atoms with Gasteiger partial charge in [-0.2, -0.15) is 0 Å². The number of piperidine rings is 1. The molecule has 8 heteroatoms. The summed E-state index contributed by atoms with van der Waals surface area (Å²) in [6.07, 6.45) is 7.49. The average Bonchev–Trinajstić information content (AvgIpc) is 3.01. The van der Waals surface area contributed by atoms with Crippen molar-refractivity contribution in [1.82, 2.24) is 10.4 Å². The van der Waals surface area contributed by atoms with Gasteiger partial charge in [-0.15, -0.1) is 6.58 Å². The van der Waals surface area contributed by atoms with Crippen molar-refractivity contribution in [1.29, 1.82) is 0 Å². The Balaban J connectivity index is 1.57. The molecule has 1 saturated heterocycles. The first-order chi connectivity index (χ1) is 19.6. The molecule has 0 atom stereocenters. The number of carbonyl (C=O) groups is 1. The summed E-state index contributed by atoms with van der Waals surface area (Å²) in [6.45, 7) is 5.90. The fourth-order valence-corrected chi connectivity index (χ4v) is 4.37. The van der Waals surface area contributed by atoms with Crippen molar-refractivity contribution in [2.75, 3.05) is 38.8 Å². The SMILES string of the molecule is C=CCN=C(NN1CCCCC1)O/C(C=O)=C/c1ccc(N(c2ccc(OC)cc2)c2ccc(OC)cc2)cc1. The van der Waals surface area contributed by atoms with Gasteiger partial charge in [-0.05, 0) is 85.1 Å². The van der Waals surface area contributed by atoms with Crippen LogP contribution in [0.1, 0.15) is 24.8 Å². The molecule has 3 aromatic carbocycles. The van der Waals surface area contributed by atoms with Crippen LogP contribution in [0.5, 0.6) is 11.5 Å². The molecule has 40 heavy (non-hydrogen) atoms. The molecular formula is C32H36N4O4. The fraction of sp³-hybridized carbons (Fsp3) is 0.250. The maximum absolute atomic E-state index is 11.9. The molecule has 3 aromatic rings. The van der Waals surface area contributed by atoms with Gasteiger partial charge in [-0.25, -0.2) is 10.0 Å². The molecule has 4 rings (SSSR count). The van der Waals surface area contributed by atoms with Gasteiger partial charge in [0.2, 0.25) is 0 Å². The highest BCUT2D eigenvalue weighted by Gasteiger charge is 2.15. The van der Waals surface area contributed by atoms with Crippen molar-refractivity contribution < 1.29 is 19.0 Å². The highest BCUT2D eigenvalue weighted by atomic mass is 16.5. The third-order valence-electron chi connectivity index (χ3n) is 6.43. The van der Waals surface area contributed by atoms with Gasteiger partial charge in [0.1, 0.15) is 11.5 Å². The quantitative estimate of drug-likeness (QED) is 0.0768. The first-order valence-electron chi connectivity index (χ1n) is 13.3. The maximum atomic E-state index is 11.9. The second kappa shape index (κ2) is 14.6. The molecule has 0 saturated carbocycles. The van der Waals surface area contributed by atoms with Crippen LogP contribution in [0.2, 0.25) is 0 Å². The van der Waals surface area contributed by atoms with Crippen LogP contribution in [0.4, 0.5) is 17.1 Å². The van der Waals surface area contributed by atoms with Crippen molar-refractivity contribution in [3.8, 4) is 11.5 Å². The number of allylic oxidation sites excluding steroid dienone is 1. The Morgan fingerprint density at radius 3 is 1.88 bits per heavy atom. The van der Waals surface area contributed by atoms with Gasteiger partial charge in [0.05, 0.1) is 20.8 Å². The number of methoxy groups -OCH3 is 2. The Hall–Kier alpha value is -4.56. The van der Waals surface area contributed by atoms with Gasteiger partial charge >= 0.3 is 6.02 Å². The third kappa shape index (κ3) is 7.74. The number of ether oxygens (including phenoxy) is 3. The van der Waals surface area contributed by atoms with Crippen LogP contribution in [0.25, 0.3) is 6.08 Å². The molecule has 0 aliphatic carbocycles. The standard InChI is InChI=1S/C32H36N4O4/c1-4-20-33-32(34-35-21-6-5-7-22-35)40-31(24-37)23-25-8-10-26(11-9-25)36(27-12-16-29(38-2)17-13-27)28-14-18-30(39-3)19-15-28/h4,8-19,23-24H,1,5-7,20-22H2,2-3H3,(H,33,34)/b31-23+. The first kappa shape index (κ1) is 28.4. The number of amidine groups is 1. The lowest BCUT2D eigenvalue weighted by Gasteiger charge is -2.27. The van der Waals surface area contributed by atoms with Gasteiger partial charge in [-0.3, -0.25) is 10.2 Å². The summed E-state index contributed by atoms with van der Waals surface area (Å²) >= 11 is 0. The zero-order chi connectivity index (χ0) is 28.2. The Labute approximate surface area is 236 Å². The smallest absolute Gasteiger partial charge is 0.305 e. The van der Waals surface area contributed by atoms with Crippen LogP contribution < -0.4 is 19.8 Å². The monoisotopic (exact) mass is 540 g/mol. The number of carbonyl (C=O) groups excluding carboxylic acids is 1. The number of hydrazine groups is 1. The lowest BCUT2D eigenvalue weighted by Crippen LogP contribution is -2.46. The van der Waals surface area contributed by atoms with Crippen LogP contribution in [0.3, 0.4) is 0 Å². The summed E-state index contributed by atoms with van der Waals surface area (Å²) < 4.78 is 16.6. The minimum absolute atomic E-state index is 0.155. The van der Waals surface area contributed by atoms with Gasteiger partial charge in [0.15, 0.2) is 12.0 Å². The van der Waals surface area contributed by atoms with Crippen LogP contribution in [-0.2, 0) is 9.53 Å². The molecule has 1 aliphatic heterocycles. The van der Waals surface area contributed by atoms with Gasteiger partial charge in [-0.1, -0.05) is 24.6 Å². The Kier molecular flexibility index (Phi) is 10.4. The number of hydrogen-bond acceptors (Lipinski definition) is 7. The lowest BCUT2D eigenvalue weighted by molar-refractivity contribution is -0.106. The number of rotatable bonds is 11. The molecule has 0 radical (unpaired) electrons. The maximum Gasteiger partial charge on any atom is 0.305 e. The molecule has 1 heterocycles. The highest BCUT2D eigenvalue weighted by molar-refractivity contribution is 5.86. The number of aldehydes is 1. The van der Waals surface area contributed by atoms with Gasteiger partial charge < -0.3 is 19.1 Å². The van der Waals surface area contributed by atoms with Crippen LogP contribution in [0.15, 0.2) is 96.2 Å². The van der Waals surface area contributed by atoms with Crippen molar-refractivity contribution in [3.05, 3.63) is 96.8 Å². The largest absolute Gasteiger partial charge is 0.497 e. The van der Waals surface area contributed by atoms with Crippen LogP contribution >= 0.6 is 0 Å². The molecule has 1 aliphatic rings. The lowest BCUT2D eigenvalue weighted by atomic mass is 10.1. The molecule has 208 valence electrons. The van der Waals surface area contributed by atoms with Gasteiger partial charge in [0.25, 0.3) is 0 Å². The summed E-state index contributed by atoms with van der Waals surface area (Å²) in [7, 11) is 3.30. The second-order valence-electron chi connectivity index (χ2n) is 9.18. The summed E-state index contributed by atoms with van der Waals surface area (Å²) in [5.41, 5.74) is 6.91. The Bertz CT molecular complexity index is 1250. The molecule has 0 aromatic heterocycles. The summed E-state index contributed by atoms with van der Waals surface area (Å²) in [6, 6.07) is 23.9. The van der Waals surface area contributed by atoms with Crippen molar-refractivity contribution >= 4 is 35.4 Å². The molecule has 0 unspecified atom stereocenters. The Morgan fingerprint density at radius 2 is 1.40 bits per heavy atom. The minimum Gasteiger partial charge on any atom is -0.497 e. The molecule has 1 fully saturated rings. The van der Waals surface area contributed by atoms with E-state index in [1.807, 2.05) is 72.8 Å². The van der Waals surface area contributed by atoms with E-state index in [2.05, 4.69) is 26.9 Å². The van der Waals surface area contributed by atoms with Gasteiger partial charge in [0, 0.05) is 30.2 Å². The number of hydrogen-bond donors (Lipinski definition) is 1. The fourth-order valence-electron chi connectivity index (χ4n) is 4.37. The zero-order valence-electron chi connectivity index (χ0n) is 23.1. The number of benzene rings is 3.